The van der Waals surface area contributed by atoms with E-state index in [1.807, 2.05) is 25.6 Å². The predicted octanol–water partition coefficient (Wildman–Crippen LogP) is 2.68. The lowest BCUT2D eigenvalue weighted by atomic mass is 9.90. The third-order valence-corrected chi connectivity index (χ3v) is 2.15. The molecule has 0 rings (SSSR count). The quantitative estimate of drug-likeness (QED) is 0.586. The normalized spacial score (nSPS) is 11.0. The van der Waals surface area contributed by atoms with Crippen LogP contribution in [0.1, 0.15) is 26.7 Å². The van der Waals surface area contributed by atoms with E-state index >= 15 is 0 Å². The molecule has 0 saturated carbocycles. The Kier molecular flexibility index (Phi) is 4.55. The second-order valence-electron chi connectivity index (χ2n) is 3.09. The molecule has 0 heterocycles. The van der Waals surface area contributed by atoms with Gasteiger partial charge in [-0.1, -0.05) is 0 Å². The third kappa shape index (κ3) is 4.69. The highest BCUT2D eigenvalue weighted by atomic mass is 32.2. The highest BCUT2D eigenvalue weighted by Crippen LogP contribution is 2.21. The Morgan fingerprint density at radius 1 is 1.50 bits per heavy atom. The van der Waals surface area contributed by atoms with E-state index in [0.717, 1.165) is 12.8 Å². The fourth-order valence-corrected chi connectivity index (χ4v) is 1.15. The summed E-state index contributed by atoms with van der Waals surface area (Å²) in [6.45, 7) is 3.99. The van der Waals surface area contributed by atoms with Gasteiger partial charge in [0, 0.05) is 0 Å². The predicted molar refractivity (Wildman–Crippen MR) is 47.0 cm³/mol. The Hall–Kier alpha value is -0.160. The van der Waals surface area contributed by atoms with Gasteiger partial charge in [-0.3, -0.25) is 0 Å². The number of thioether (sulfide) groups is 1. The third-order valence-electron chi connectivity index (χ3n) is 1.45. The van der Waals surface area contributed by atoms with Crippen LogP contribution in [0, 0.1) is 16.7 Å². The first-order valence-electron chi connectivity index (χ1n) is 3.52. The summed E-state index contributed by atoms with van der Waals surface area (Å²) in [6.07, 6.45) is 4.27. The molecule has 0 aromatic rings. The van der Waals surface area contributed by atoms with Crippen molar-refractivity contribution in [3.8, 4) is 6.07 Å². The zero-order valence-corrected chi connectivity index (χ0v) is 7.79. The largest absolute Gasteiger partial charge is 0.198 e. The molecule has 1 nitrogen and oxygen atoms in total. The van der Waals surface area contributed by atoms with E-state index in [0.29, 0.717) is 0 Å². The average molecular weight is 157 g/mol. The molecule has 0 aromatic carbocycles. The summed E-state index contributed by atoms with van der Waals surface area (Å²) in [5, 5.41) is 8.64. The summed E-state index contributed by atoms with van der Waals surface area (Å²) < 4.78 is 0. The molecule has 0 atom stereocenters. The Balaban J connectivity index is 3.40. The van der Waals surface area contributed by atoms with E-state index in [1.165, 1.54) is 5.75 Å². The van der Waals surface area contributed by atoms with Crippen molar-refractivity contribution in [1.82, 2.24) is 0 Å². The minimum atomic E-state index is -0.115. The molecular weight excluding hydrogens is 142 g/mol. The number of hydrogen-bond donors (Lipinski definition) is 0. The van der Waals surface area contributed by atoms with Crippen LogP contribution in [0.2, 0.25) is 0 Å². The lowest BCUT2D eigenvalue weighted by molar-refractivity contribution is 0.448. The molecular formula is C8H15NS. The van der Waals surface area contributed by atoms with Crippen molar-refractivity contribution in [1.29, 1.82) is 5.26 Å². The van der Waals surface area contributed by atoms with Crippen molar-refractivity contribution >= 4 is 11.8 Å². The summed E-state index contributed by atoms with van der Waals surface area (Å²) in [4.78, 5) is 0. The van der Waals surface area contributed by atoms with Gasteiger partial charge >= 0.3 is 0 Å². The molecule has 0 unspecified atom stereocenters. The molecule has 58 valence electrons. The van der Waals surface area contributed by atoms with Crippen LogP contribution in [0.5, 0.6) is 0 Å². The van der Waals surface area contributed by atoms with E-state index < -0.39 is 0 Å². The van der Waals surface area contributed by atoms with Crippen molar-refractivity contribution in [3.05, 3.63) is 0 Å². The number of hydrogen-bond acceptors (Lipinski definition) is 2. The summed E-state index contributed by atoms with van der Waals surface area (Å²) in [5.41, 5.74) is -0.115. The molecule has 0 aliphatic carbocycles. The monoisotopic (exact) mass is 157 g/mol. The fraction of sp³-hybridized carbons (Fsp3) is 0.875. The van der Waals surface area contributed by atoms with Crippen molar-refractivity contribution in [3.63, 3.8) is 0 Å². The van der Waals surface area contributed by atoms with Gasteiger partial charge in [-0.15, -0.1) is 0 Å². The van der Waals surface area contributed by atoms with Gasteiger partial charge in [0.2, 0.25) is 0 Å². The molecule has 0 aliphatic heterocycles. The maximum absolute atomic E-state index is 8.64. The molecule has 10 heavy (non-hydrogen) atoms. The van der Waals surface area contributed by atoms with Crippen molar-refractivity contribution in [2.24, 2.45) is 5.41 Å². The van der Waals surface area contributed by atoms with Gasteiger partial charge in [-0.2, -0.15) is 17.0 Å². The smallest absolute Gasteiger partial charge is 0.0683 e. The van der Waals surface area contributed by atoms with Gasteiger partial charge in [-0.05, 0) is 38.7 Å². The maximum atomic E-state index is 8.64. The first-order chi connectivity index (χ1) is 4.62. The minimum absolute atomic E-state index is 0.115. The van der Waals surface area contributed by atoms with E-state index in [9.17, 15) is 0 Å². The zero-order valence-electron chi connectivity index (χ0n) is 6.98. The Labute approximate surface area is 67.8 Å². The lowest BCUT2D eigenvalue weighted by Gasteiger charge is -2.13. The van der Waals surface area contributed by atoms with E-state index in [4.69, 9.17) is 5.26 Å². The molecule has 2 heteroatoms. The van der Waals surface area contributed by atoms with Crippen LogP contribution in [-0.4, -0.2) is 12.0 Å². The van der Waals surface area contributed by atoms with Crippen molar-refractivity contribution in [2.75, 3.05) is 12.0 Å². The summed E-state index contributed by atoms with van der Waals surface area (Å²) in [5.74, 6) is 1.17. The average Bonchev–Trinajstić information content (AvgIpc) is 1.89. The lowest BCUT2D eigenvalue weighted by Crippen LogP contribution is -2.07. The molecule has 0 saturated heterocycles. The molecule has 0 aliphatic rings. The molecule has 0 amide bonds. The zero-order chi connectivity index (χ0) is 8.04. The van der Waals surface area contributed by atoms with Crippen LogP contribution in [0.4, 0.5) is 0 Å². The molecule has 0 bridgehead atoms. The Bertz CT molecular complexity index is 124. The minimum Gasteiger partial charge on any atom is -0.198 e. The van der Waals surface area contributed by atoms with Gasteiger partial charge in [0.15, 0.2) is 0 Å². The van der Waals surface area contributed by atoms with Gasteiger partial charge in [-0.25, -0.2) is 0 Å². The van der Waals surface area contributed by atoms with Crippen LogP contribution in [0.3, 0.4) is 0 Å². The van der Waals surface area contributed by atoms with Gasteiger partial charge in [0.25, 0.3) is 0 Å². The van der Waals surface area contributed by atoms with E-state index in [1.54, 1.807) is 0 Å². The SMILES string of the molecule is CSCCCC(C)(C)C#N. The second kappa shape index (κ2) is 4.62. The van der Waals surface area contributed by atoms with Gasteiger partial charge in [0.1, 0.15) is 0 Å². The Morgan fingerprint density at radius 2 is 2.10 bits per heavy atom. The highest BCUT2D eigenvalue weighted by Gasteiger charge is 2.14. The van der Waals surface area contributed by atoms with Crippen LogP contribution in [0.15, 0.2) is 0 Å². The van der Waals surface area contributed by atoms with Crippen LogP contribution >= 0.6 is 11.8 Å². The summed E-state index contributed by atoms with van der Waals surface area (Å²) >= 11 is 1.84. The number of rotatable bonds is 4. The summed E-state index contributed by atoms with van der Waals surface area (Å²) in [7, 11) is 0. The summed E-state index contributed by atoms with van der Waals surface area (Å²) in [6, 6.07) is 2.29. The second-order valence-corrected chi connectivity index (χ2v) is 4.08. The topological polar surface area (TPSA) is 23.8 Å². The van der Waals surface area contributed by atoms with Crippen molar-refractivity contribution < 1.29 is 0 Å². The Morgan fingerprint density at radius 3 is 2.50 bits per heavy atom. The number of nitrogens with zero attached hydrogens (tertiary/aromatic N) is 1. The fourth-order valence-electron chi connectivity index (χ4n) is 0.714. The standard InChI is InChI=1S/C8H15NS/c1-8(2,7-9)5-4-6-10-3/h4-6H2,1-3H3. The van der Waals surface area contributed by atoms with Crippen LogP contribution < -0.4 is 0 Å². The highest BCUT2D eigenvalue weighted by molar-refractivity contribution is 7.98. The van der Waals surface area contributed by atoms with Gasteiger partial charge in [0.05, 0.1) is 11.5 Å². The van der Waals surface area contributed by atoms with Crippen LogP contribution in [0.25, 0.3) is 0 Å². The molecule has 0 aromatic heterocycles. The molecule has 0 fully saturated rings. The van der Waals surface area contributed by atoms with E-state index in [2.05, 4.69) is 12.3 Å². The first-order valence-corrected chi connectivity index (χ1v) is 4.92. The van der Waals surface area contributed by atoms with Crippen LogP contribution in [-0.2, 0) is 0 Å². The van der Waals surface area contributed by atoms with Gasteiger partial charge < -0.3 is 0 Å². The van der Waals surface area contributed by atoms with Crippen molar-refractivity contribution in [2.45, 2.75) is 26.7 Å². The molecule has 0 N–H and O–H groups in total. The first kappa shape index (κ1) is 9.84. The molecule has 0 radical (unpaired) electrons. The van der Waals surface area contributed by atoms with E-state index in [-0.39, 0.29) is 5.41 Å². The molecule has 0 spiro atoms. The number of nitriles is 1. The maximum Gasteiger partial charge on any atom is 0.0683 e.